The van der Waals surface area contributed by atoms with Crippen molar-refractivity contribution in [1.29, 1.82) is 0 Å². The average Bonchev–Trinajstić information content (AvgIpc) is 3.45. The maximum absolute atomic E-state index is 5.23. The maximum atomic E-state index is 5.23. The van der Waals surface area contributed by atoms with Gasteiger partial charge in [-0.15, -0.1) is 0 Å². The first-order valence-electron chi connectivity index (χ1n) is 15.3. The van der Waals surface area contributed by atoms with Crippen molar-refractivity contribution in [2.75, 3.05) is 0 Å². The molecule has 0 unspecified atom stereocenters. The summed E-state index contributed by atoms with van der Waals surface area (Å²) in [5.74, 6) is 0.727. The topological polar surface area (TPSA) is 30.7 Å². The zero-order valence-corrected chi connectivity index (χ0v) is 24.4. The van der Waals surface area contributed by atoms with Crippen LogP contribution in [-0.4, -0.2) is 14.5 Å². The molecule has 2 heterocycles. The van der Waals surface area contributed by atoms with E-state index >= 15 is 0 Å². The lowest BCUT2D eigenvalue weighted by Gasteiger charge is -2.15. The lowest BCUT2D eigenvalue weighted by Crippen LogP contribution is -1.98. The smallest absolute Gasteiger partial charge is 0.160 e. The van der Waals surface area contributed by atoms with Crippen molar-refractivity contribution in [1.82, 2.24) is 14.5 Å². The summed E-state index contributed by atoms with van der Waals surface area (Å²) in [5.41, 5.74) is 9.91. The van der Waals surface area contributed by atoms with Gasteiger partial charge >= 0.3 is 0 Å². The van der Waals surface area contributed by atoms with Crippen molar-refractivity contribution in [2.45, 2.75) is 0 Å². The summed E-state index contributed by atoms with van der Waals surface area (Å²) < 4.78 is 2.41. The van der Waals surface area contributed by atoms with Crippen LogP contribution in [0.3, 0.4) is 0 Å². The van der Waals surface area contributed by atoms with Gasteiger partial charge < -0.3 is 4.57 Å². The van der Waals surface area contributed by atoms with Crippen LogP contribution in [0.4, 0.5) is 0 Å². The van der Waals surface area contributed by atoms with Gasteiger partial charge in [-0.25, -0.2) is 9.97 Å². The van der Waals surface area contributed by atoms with Gasteiger partial charge in [0, 0.05) is 38.1 Å². The molecule has 0 atom stereocenters. The molecule has 210 valence electrons. The molecule has 0 aliphatic rings. The highest BCUT2D eigenvalue weighted by atomic mass is 15.0. The molecule has 0 amide bonds. The standard InChI is InChI=1S/C42H27N3/c1-4-13-28(14-5-1)31-23-26-39-36(27-31)32-19-10-11-21-37(32)45(39)38-22-12-20-34-33(38)24-25-35-40(29-15-6-2-7-16-29)43-42(44-41(34)35)30-17-8-3-9-18-30/h1-27H. The Hall–Kier alpha value is -6.06. The molecule has 0 saturated heterocycles. The molecule has 3 heteroatoms. The first kappa shape index (κ1) is 25.4. The van der Waals surface area contributed by atoms with Gasteiger partial charge in [-0.2, -0.15) is 0 Å². The normalized spacial score (nSPS) is 11.6. The van der Waals surface area contributed by atoms with Crippen LogP contribution in [0.25, 0.3) is 82.9 Å². The molecule has 2 aromatic heterocycles. The highest BCUT2D eigenvalue weighted by Crippen LogP contribution is 2.39. The van der Waals surface area contributed by atoms with Gasteiger partial charge in [0.15, 0.2) is 5.82 Å². The molecule has 9 aromatic rings. The highest BCUT2D eigenvalue weighted by molar-refractivity contribution is 6.15. The predicted molar refractivity (Wildman–Crippen MR) is 188 cm³/mol. The Bertz CT molecular complexity index is 2510. The molecule has 0 radical (unpaired) electrons. The number of para-hydroxylation sites is 1. The van der Waals surface area contributed by atoms with E-state index in [-0.39, 0.29) is 0 Å². The van der Waals surface area contributed by atoms with E-state index in [2.05, 4.69) is 144 Å². The Morgan fingerprint density at radius 2 is 0.978 bits per heavy atom. The Morgan fingerprint density at radius 3 is 1.76 bits per heavy atom. The van der Waals surface area contributed by atoms with E-state index in [1.165, 1.54) is 32.9 Å². The minimum Gasteiger partial charge on any atom is -0.309 e. The predicted octanol–water partition coefficient (Wildman–Crippen LogP) is 10.9. The average molecular weight is 574 g/mol. The number of hydrogen-bond donors (Lipinski definition) is 0. The second-order valence-electron chi connectivity index (χ2n) is 11.4. The van der Waals surface area contributed by atoms with Crippen molar-refractivity contribution in [3.8, 4) is 39.5 Å². The summed E-state index contributed by atoms with van der Waals surface area (Å²) in [4.78, 5) is 10.4. The van der Waals surface area contributed by atoms with Gasteiger partial charge in [-0.3, -0.25) is 0 Å². The zero-order chi connectivity index (χ0) is 29.7. The number of aromatic nitrogens is 3. The molecule has 45 heavy (non-hydrogen) atoms. The molecule has 0 aliphatic carbocycles. The van der Waals surface area contributed by atoms with Crippen LogP contribution in [0, 0.1) is 0 Å². The molecule has 0 spiro atoms. The summed E-state index contributed by atoms with van der Waals surface area (Å²) in [7, 11) is 0. The molecule has 0 aliphatic heterocycles. The Morgan fingerprint density at radius 1 is 0.356 bits per heavy atom. The van der Waals surface area contributed by atoms with Gasteiger partial charge in [0.1, 0.15) is 0 Å². The minimum absolute atomic E-state index is 0.727. The van der Waals surface area contributed by atoms with Gasteiger partial charge in [-0.1, -0.05) is 133 Å². The van der Waals surface area contributed by atoms with E-state index in [9.17, 15) is 0 Å². The van der Waals surface area contributed by atoms with E-state index in [0.29, 0.717) is 0 Å². The van der Waals surface area contributed by atoms with E-state index in [0.717, 1.165) is 50.0 Å². The highest BCUT2D eigenvalue weighted by Gasteiger charge is 2.18. The fourth-order valence-corrected chi connectivity index (χ4v) is 6.70. The quantitative estimate of drug-likeness (QED) is 0.196. The van der Waals surface area contributed by atoms with Gasteiger partial charge in [0.25, 0.3) is 0 Å². The number of nitrogens with zero attached hydrogens (tertiary/aromatic N) is 3. The van der Waals surface area contributed by atoms with E-state index < -0.39 is 0 Å². The van der Waals surface area contributed by atoms with Crippen LogP contribution in [0.2, 0.25) is 0 Å². The van der Waals surface area contributed by atoms with Crippen molar-refractivity contribution in [3.05, 3.63) is 164 Å². The summed E-state index contributed by atoms with van der Waals surface area (Å²) in [5, 5.41) is 5.78. The lowest BCUT2D eigenvalue weighted by atomic mass is 10.00. The number of rotatable bonds is 4. The zero-order valence-electron chi connectivity index (χ0n) is 24.4. The number of benzene rings is 7. The third kappa shape index (κ3) is 4.13. The van der Waals surface area contributed by atoms with Crippen LogP contribution < -0.4 is 0 Å². The second kappa shape index (κ2) is 10.3. The molecule has 0 bridgehead atoms. The molecule has 0 fully saturated rings. The second-order valence-corrected chi connectivity index (χ2v) is 11.4. The van der Waals surface area contributed by atoms with E-state index in [1.807, 2.05) is 24.3 Å². The Labute approximate surface area is 260 Å². The molecule has 9 rings (SSSR count). The fourth-order valence-electron chi connectivity index (χ4n) is 6.70. The van der Waals surface area contributed by atoms with Crippen LogP contribution in [0.1, 0.15) is 0 Å². The summed E-state index contributed by atoms with van der Waals surface area (Å²) in [6.07, 6.45) is 0. The largest absolute Gasteiger partial charge is 0.309 e. The summed E-state index contributed by atoms with van der Waals surface area (Å²) >= 11 is 0. The maximum Gasteiger partial charge on any atom is 0.160 e. The summed E-state index contributed by atoms with van der Waals surface area (Å²) in [6.45, 7) is 0. The molecule has 3 nitrogen and oxygen atoms in total. The monoisotopic (exact) mass is 573 g/mol. The Kier molecular flexibility index (Phi) is 5.82. The minimum atomic E-state index is 0.727. The van der Waals surface area contributed by atoms with Crippen LogP contribution in [0.15, 0.2) is 164 Å². The van der Waals surface area contributed by atoms with Crippen molar-refractivity contribution >= 4 is 43.5 Å². The van der Waals surface area contributed by atoms with Crippen molar-refractivity contribution < 1.29 is 0 Å². The summed E-state index contributed by atoms with van der Waals surface area (Å²) in [6, 6.07) is 57.8. The molecule has 0 N–H and O–H groups in total. The van der Waals surface area contributed by atoms with Gasteiger partial charge in [0.2, 0.25) is 0 Å². The van der Waals surface area contributed by atoms with E-state index in [4.69, 9.17) is 9.97 Å². The third-order valence-corrected chi connectivity index (χ3v) is 8.80. The molecular weight excluding hydrogens is 546 g/mol. The first-order chi connectivity index (χ1) is 22.3. The van der Waals surface area contributed by atoms with Gasteiger partial charge in [0.05, 0.1) is 27.9 Å². The van der Waals surface area contributed by atoms with Crippen LogP contribution in [0.5, 0.6) is 0 Å². The van der Waals surface area contributed by atoms with E-state index in [1.54, 1.807) is 0 Å². The van der Waals surface area contributed by atoms with Crippen LogP contribution in [-0.2, 0) is 0 Å². The van der Waals surface area contributed by atoms with Crippen molar-refractivity contribution in [2.24, 2.45) is 0 Å². The Balaban J connectivity index is 1.34. The number of fused-ring (bicyclic) bond motifs is 6. The molecule has 0 saturated carbocycles. The lowest BCUT2D eigenvalue weighted by molar-refractivity contribution is 1.20. The van der Waals surface area contributed by atoms with Gasteiger partial charge in [-0.05, 0) is 41.5 Å². The molecule has 7 aromatic carbocycles. The van der Waals surface area contributed by atoms with Crippen LogP contribution >= 0.6 is 0 Å². The third-order valence-electron chi connectivity index (χ3n) is 8.80. The fraction of sp³-hybridized carbons (Fsp3) is 0. The molecular formula is C42H27N3. The van der Waals surface area contributed by atoms with Crippen molar-refractivity contribution in [3.63, 3.8) is 0 Å². The first-order valence-corrected chi connectivity index (χ1v) is 15.3. The SMILES string of the molecule is c1ccc(-c2ccc3c(c2)c2ccccc2n3-c2cccc3c2ccc2c(-c4ccccc4)nc(-c4ccccc4)nc23)cc1. The number of hydrogen-bond acceptors (Lipinski definition) is 2.